The van der Waals surface area contributed by atoms with Gasteiger partial charge in [0, 0.05) is 12.0 Å². The third kappa shape index (κ3) is 4.49. The van der Waals surface area contributed by atoms with E-state index in [9.17, 15) is 4.79 Å². The fraction of sp³-hybridized carbons (Fsp3) is 0.917. The second-order valence-electron chi connectivity index (χ2n) is 5.30. The van der Waals surface area contributed by atoms with Gasteiger partial charge in [0.2, 0.25) is 5.91 Å². The molecule has 0 radical (unpaired) electrons. The summed E-state index contributed by atoms with van der Waals surface area (Å²) in [4.78, 5) is 16.5. The third-order valence-electron chi connectivity index (χ3n) is 3.13. The maximum absolute atomic E-state index is 12.1. The minimum atomic E-state index is -0.317. The maximum atomic E-state index is 12.1. The fourth-order valence-corrected chi connectivity index (χ4v) is 1.86. The summed E-state index contributed by atoms with van der Waals surface area (Å²) in [6.07, 6.45) is 0.889. The average Bonchev–Trinajstić information content (AvgIpc) is 2.16. The van der Waals surface area contributed by atoms with Gasteiger partial charge in [-0.15, -0.1) is 0 Å². The molecule has 16 heavy (non-hydrogen) atoms. The Bertz CT molecular complexity index is 217. The molecule has 0 aliphatic rings. The van der Waals surface area contributed by atoms with Crippen LogP contribution in [0.3, 0.4) is 0 Å². The van der Waals surface area contributed by atoms with E-state index in [4.69, 9.17) is 5.90 Å². The van der Waals surface area contributed by atoms with Gasteiger partial charge in [0.05, 0.1) is 6.61 Å². The Morgan fingerprint density at radius 1 is 1.38 bits per heavy atom. The predicted octanol–water partition coefficient (Wildman–Crippen LogP) is 1.70. The van der Waals surface area contributed by atoms with E-state index < -0.39 is 0 Å². The van der Waals surface area contributed by atoms with Crippen LogP contribution in [-0.2, 0) is 9.63 Å². The molecule has 0 aromatic rings. The number of hydrogen-bond donors (Lipinski definition) is 2. The lowest BCUT2D eigenvalue weighted by molar-refractivity contribution is -0.133. The molecule has 0 fully saturated rings. The first-order valence-electron chi connectivity index (χ1n) is 5.94. The predicted molar refractivity (Wildman–Crippen MR) is 65.5 cm³/mol. The molecule has 1 atom stereocenters. The van der Waals surface area contributed by atoms with Gasteiger partial charge >= 0.3 is 0 Å². The molecule has 3 N–H and O–H groups in total. The summed E-state index contributed by atoms with van der Waals surface area (Å²) < 4.78 is 0. The van der Waals surface area contributed by atoms with Gasteiger partial charge in [-0.2, -0.15) is 0 Å². The molecule has 0 heterocycles. The molecule has 0 aliphatic carbocycles. The Hall–Kier alpha value is -0.610. The molecule has 0 rings (SSSR count). The van der Waals surface area contributed by atoms with Gasteiger partial charge in [-0.05, 0) is 18.3 Å². The Balaban J connectivity index is 4.45. The van der Waals surface area contributed by atoms with E-state index in [0.717, 1.165) is 6.42 Å². The maximum Gasteiger partial charge on any atom is 0.226 e. The monoisotopic (exact) mass is 230 g/mol. The zero-order valence-corrected chi connectivity index (χ0v) is 11.2. The molecule has 0 aliphatic heterocycles. The largest absolute Gasteiger partial charge is 0.353 e. The molecular weight excluding hydrogens is 204 g/mol. The van der Waals surface area contributed by atoms with Gasteiger partial charge in [0.15, 0.2) is 0 Å². The molecule has 0 saturated heterocycles. The van der Waals surface area contributed by atoms with Crippen molar-refractivity contribution in [2.24, 2.45) is 23.1 Å². The summed E-state index contributed by atoms with van der Waals surface area (Å²) in [7, 11) is 0. The minimum absolute atomic E-state index is 0.0910. The normalized spacial score (nSPS) is 15.2. The highest BCUT2D eigenvalue weighted by Crippen LogP contribution is 2.34. The van der Waals surface area contributed by atoms with E-state index in [0.29, 0.717) is 25.0 Å². The van der Waals surface area contributed by atoms with Crippen LogP contribution in [0.2, 0.25) is 0 Å². The topological polar surface area (TPSA) is 64.3 Å². The van der Waals surface area contributed by atoms with Crippen molar-refractivity contribution in [2.45, 2.75) is 41.0 Å². The van der Waals surface area contributed by atoms with Crippen molar-refractivity contribution >= 4 is 5.91 Å². The molecule has 4 heteroatoms. The standard InChI is InChI=1S/C12H26N2O2/c1-9(2)8-12(5,10(3)4)11(15)14-6-7-16-13/h9-10H,6-8,13H2,1-5H3,(H,14,15). The molecule has 0 spiro atoms. The number of nitrogens with one attached hydrogen (secondary N) is 1. The summed E-state index contributed by atoms with van der Waals surface area (Å²) in [5.74, 6) is 5.82. The molecule has 96 valence electrons. The summed E-state index contributed by atoms with van der Waals surface area (Å²) in [5.41, 5.74) is -0.317. The second kappa shape index (κ2) is 6.86. The molecule has 0 aromatic carbocycles. The number of rotatable bonds is 7. The van der Waals surface area contributed by atoms with E-state index in [1.165, 1.54) is 0 Å². The van der Waals surface area contributed by atoms with Crippen LogP contribution in [-0.4, -0.2) is 19.1 Å². The lowest BCUT2D eigenvalue weighted by Gasteiger charge is -2.33. The number of hydrogen-bond acceptors (Lipinski definition) is 3. The lowest BCUT2D eigenvalue weighted by Crippen LogP contribution is -2.44. The van der Waals surface area contributed by atoms with Crippen LogP contribution in [0.25, 0.3) is 0 Å². The van der Waals surface area contributed by atoms with Crippen LogP contribution in [0.4, 0.5) is 0 Å². The number of carbonyl (C=O) groups is 1. The van der Waals surface area contributed by atoms with Crippen LogP contribution in [0.15, 0.2) is 0 Å². The molecule has 0 aromatic heterocycles. The molecule has 1 amide bonds. The third-order valence-corrected chi connectivity index (χ3v) is 3.13. The van der Waals surface area contributed by atoms with Gasteiger partial charge in [0.25, 0.3) is 0 Å². The first-order valence-corrected chi connectivity index (χ1v) is 5.94. The highest BCUT2D eigenvalue weighted by atomic mass is 16.6. The zero-order chi connectivity index (χ0) is 12.8. The van der Waals surface area contributed by atoms with E-state index in [-0.39, 0.29) is 11.3 Å². The SMILES string of the molecule is CC(C)CC(C)(C(=O)NCCON)C(C)C. The van der Waals surface area contributed by atoms with Crippen molar-refractivity contribution in [3.05, 3.63) is 0 Å². The smallest absolute Gasteiger partial charge is 0.226 e. The van der Waals surface area contributed by atoms with Crippen LogP contribution < -0.4 is 11.2 Å². The zero-order valence-electron chi connectivity index (χ0n) is 11.2. The summed E-state index contributed by atoms with van der Waals surface area (Å²) >= 11 is 0. The highest BCUT2D eigenvalue weighted by Gasteiger charge is 2.36. The lowest BCUT2D eigenvalue weighted by atomic mass is 9.72. The minimum Gasteiger partial charge on any atom is -0.353 e. The van der Waals surface area contributed by atoms with Crippen molar-refractivity contribution in [3.63, 3.8) is 0 Å². The van der Waals surface area contributed by atoms with Gasteiger partial charge in [-0.3, -0.25) is 4.79 Å². The summed E-state index contributed by atoms with van der Waals surface area (Å²) in [6.45, 7) is 11.3. The summed E-state index contributed by atoms with van der Waals surface area (Å²) in [6, 6.07) is 0. The number of amides is 1. The first-order chi connectivity index (χ1) is 7.34. The molecule has 4 nitrogen and oxygen atoms in total. The van der Waals surface area contributed by atoms with Gasteiger partial charge in [0.1, 0.15) is 0 Å². The molecule has 0 saturated carbocycles. The fourth-order valence-electron chi connectivity index (χ4n) is 1.86. The molecular formula is C12H26N2O2. The Labute approximate surface area is 98.9 Å². The molecule has 0 bridgehead atoms. The summed E-state index contributed by atoms with van der Waals surface area (Å²) in [5, 5.41) is 2.87. The second-order valence-corrected chi connectivity index (χ2v) is 5.30. The Morgan fingerprint density at radius 2 is 1.94 bits per heavy atom. The van der Waals surface area contributed by atoms with Crippen molar-refractivity contribution in [3.8, 4) is 0 Å². The van der Waals surface area contributed by atoms with E-state index in [1.54, 1.807) is 0 Å². The van der Waals surface area contributed by atoms with Gasteiger partial charge in [-0.25, -0.2) is 5.90 Å². The molecule has 1 unspecified atom stereocenters. The van der Waals surface area contributed by atoms with Gasteiger partial charge < -0.3 is 10.2 Å². The van der Waals surface area contributed by atoms with Crippen molar-refractivity contribution in [1.29, 1.82) is 0 Å². The number of nitrogens with two attached hydrogens (primary N) is 1. The Kier molecular flexibility index (Phi) is 6.60. The van der Waals surface area contributed by atoms with Crippen molar-refractivity contribution < 1.29 is 9.63 Å². The Morgan fingerprint density at radius 3 is 2.31 bits per heavy atom. The highest BCUT2D eigenvalue weighted by molar-refractivity contribution is 5.82. The van der Waals surface area contributed by atoms with Crippen LogP contribution in [0.5, 0.6) is 0 Å². The van der Waals surface area contributed by atoms with Crippen molar-refractivity contribution in [2.75, 3.05) is 13.2 Å². The van der Waals surface area contributed by atoms with Crippen molar-refractivity contribution in [1.82, 2.24) is 5.32 Å². The van der Waals surface area contributed by atoms with Crippen LogP contribution >= 0.6 is 0 Å². The average molecular weight is 230 g/mol. The first kappa shape index (κ1) is 15.4. The quantitative estimate of drug-likeness (QED) is 0.517. The number of carbonyl (C=O) groups excluding carboxylic acids is 1. The van der Waals surface area contributed by atoms with E-state index in [2.05, 4.69) is 37.8 Å². The van der Waals surface area contributed by atoms with E-state index in [1.807, 2.05) is 6.92 Å². The van der Waals surface area contributed by atoms with Crippen LogP contribution in [0.1, 0.15) is 41.0 Å². The van der Waals surface area contributed by atoms with Crippen LogP contribution in [0, 0.1) is 17.3 Å². The van der Waals surface area contributed by atoms with Gasteiger partial charge in [-0.1, -0.05) is 34.6 Å². The van der Waals surface area contributed by atoms with E-state index >= 15 is 0 Å².